The van der Waals surface area contributed by atoms with Gasteiger partial charge in [-0.05, 0) is 32.2 Å². The van der Waals surface area contributed by atoms with Crippen molar-refractivity contribution >= 4 is 40.2 Å². The van der Waals surface area contributed by atoms with E-state index >= 15 is 0 Å². The van der Waals surface area contributed by atoms with Crippen molar-refractivity contribution in [3.8, 4) is 0 Å². The van der Waals surface area contributed by atoms with E-state index < -0.39 is 35.9 Å². The van der Waals surface area contributed by atoms with Gasteiger partial charge in [0, 0.05) is 12.3 Å². The van der Waals surface area contributed by atoms with E-state index in [0.29, 0.717) is 5.69 Å². The lowest BCUT2D eigenvalue weighted by Crippen LogP contribution is -2.54. The molecular weight excluding hydrogens is 374 g/mol. The van der Waals surface area contributed by atoms with Crippen LogP contribution in [0, 0.1) is 0 Å². The zero-order valence-corrected chi connectivity index (χ0v) is 16.8. The summed E-state index contributed by atoms with van der Waals surface area (Å²) in [7, 11) is 0. The second-order valence-corrected chi connectivity index (χ2v) is 6.86. The Bertz CT molecular complexity index is 938. The van der Waals surface area contributed by atoms with Gasteiger partial charge in [0.25, 0.3) is 0 Å². The van der Waals surface area contributed by atoms with Crippen molar-refractivity contribution in [1.29, 1.82) is 0 Å². The number of nitrogens with zero attached hydrogens (tertiary/aromatic N) is 1. The van der Waals surface area contributed by atoms with Crippen molar-refractivity contribution in [2.75, 3.05) is 4.90 Å². The molecule has 0 unspecified atom stereocenters. The predicted molar refractivity (Wildman–Crippen MR) is 109 cm³/mol. The highest BCUT2D eigenvalue weighted by Crippen LogP contribution is 2.28. The molecule has 0 aliphatic rings. The number of amides is 3. The van der Waals surface area contributed by atoms with Gasteiger partial charge in [0.15, 0.2) is 0 Å². The van der Waals surface area contributed by atoms with Crippen molar-refractivity contribution in [2.24, 2.45) is 0 Å². The number of carboxylic acid groups (broad SMARTS) is 1. The molecule has 0 spiro atoms. The summed E-state index contributed by atoms with van der Waals surface area (Å²) in [5, 5.41) is 15.5. The fourth-order valence-corrected chi connectivity index (χ4v) is 2.99. The molecule has 0 bridgehead atoms. The van der Waals surface area contributed by atoms with Crippen molar-refractivity contribution < 1.29 is 24.3 Å². The van der Waals surface area contributed by atoms with Crippen molar-refractivity contribution in [3.05, 3.63) is 42.5 Å². The fourth-order valence-electron chi connectivity index (χ4n) is 2.99. The molecule has 154 valence electrons. The minimum absolute atomic E-state index is 0.319. The predicted octanol–water partition coefficient (Wildman–Crippen LogP) is 1.68. The van der Waals surface area contributed by atoms with Crippen molar-refractivity contribution in [2.45, 2.75) is 45.8 Å². The normalized spacial score (nSPS) is 13.8. The molecule has 0 radical (unpaired) electrons. The molecule has 0 aliphatic carbocycles. The Morgan fingerprint density at radius 3 is 2.07 bits per heavy atom. The molecule has 8 heteroatoms. The maximum atomic E-state index is 12.7. The number of carboxylic acids is 1. The third-order valence-corrected chi connectivity index (χ3v) is 4.61. The molecule has 3 amide bonds. The van der Waals surface area contributed by atoms with Crippen LogP contribution in [0.3, 0.4) is 0 Å². The van der Waals surface area contributed by atoms with Crippen LogP contribution in [-0.2, 0) is 19.2 Å². The number of rotatable bonds is 7. The smallest absolute Gasteiger partial charge is 0.325 e. The summed E-state index contributed by atoms with van der Waals surface area (Å²) in [5.41, 5.74) is 0.592. The van der Waals surface area contributed by atoms with Crippen LogP contribution in [0.15, 0.2) is 42.5 Å². The van der Waals surface area contributed by atoms with Gasteiger partial charge in [0.2, 0.25) is 17.7 Å². The van der Waals surface area contributed by atoms with Gasteiger partial charge in [0.1, 0.15) is 18.1 Å². The van der Waals surface area contributed by atoms with E-state index in [9.17, 15) is 19.2 Å². The summed E-state index contributed by atoms with van der Waals surface area (Å²) in [4.78, 5) is 49.4. The quantitative estimate of drug-likeness (QED) is 0.655. The molecule has 8 nitrogen and oxygen atoms in total. The van der Waals surface area contributed by atoms with Gasteiger partial charge in [-0.1, -0.05) is 36.4 Å². The molecule has 0 aliphatic heterocycles. The number of carbonyl (C=O) groups excluding carboxylic acids is 3. The molecule has 29 heavy (non-hydrogen) atoms. The van der Waals surface area contributed by atoms with Gasteiger partial charge < -0.3 is 15.7 Å². The Labute approximate surface area is 168 Å². The lowest BCUT2D eigenvalue weighted by molar-refractivity contribution is -0.141. The summed E-state index contributed by atoms with van der Waals surface area (Å²) in [6.07, 6.45) is 0. The number of hydrogen-bond donors (Lipinski definition) is 3. The second-order valence-electron chi connectivity index (χ2n) is 6.86. The van der Waals surface area contributed by atoms with Crippen LogP contribution in [0.1, 0.15) is 27.7 Å². The molecule has 3 atom stereocenters. The van der Waals surface area contributed by atoms with Crippen molar-refractivity contribution in [1.82, 2.24) is 10.6 Å². The number of hydrogen-bond acceptors (Lipinski definition) is 4. The molecule has 2 aromatic rings. The molecule has 0 saturated heterocycles. The molecular formula is C21H25N3O5. The maximum Gasteiger partial charge on any atom is 0.325 e. The largest absolute Gasteiger partial charge is 0.480 e. The number of carbonyl (C=O) groups is 4. The first-order chi connectivity index (χ1) is 13.6. The monoisotopic (exact) mass is 399 g/mol. The van der Waals surface area contributed by atoms with Crippen LogP contribution < -0.4 is 15.5 Å². The Kier molecular flexibility index (Phi) is 6.93. The average Bonchev–Trinajstić information content (AvgIpc) is 2.67. The Morgan fingerprint density at radius 1 is 0.862 bits per heavy atom. The van der Waals surface area contributed by atoms with Crippen LogP contribution in [0.25, 0.3) is 10.8 Å². The summed E-state index contributed by atoms with van der Waals surface area (Å²) in [6, 6.07) is 10.1. The number of aliphatic carboxylic acids is 1. The third-order valence-electron chi connectivity index (χ3n) is 4.61. The average molecular weight is 399 g/mol. The van der Waals surface area contributed by atoms with Crippen LogP contribution in [0.5, 0.6) is 0 Å². The SMILES string of the molecule is CC(=O)N(c1cccc2ccccc12)[C@@H](C)C(=O)N[C@@H](C)C(=O)N[C@@H](C)C(=O)O. The highest BCUT2D eigenvalue weighted by molar-refractivity contribution is 6.07. The highest BCUT2D eigenvalue weighted by Gasteiger charge is 2.29. The number of anilines is 1. The third kappa shape index (κ3) is 5.10. The minimum atomic E-state index is -1.18. The zero-order chi connectivity index (χ0) is 21.7. The van der Waals surface area contributed by atoms with Crippen LogP contribution in [0.4, 0.5) is 5.69 Å². The lowest BCUT2D eigenvalue weighted by atomic mass is 10.1. The first kappa shape index (κ1) is 21.9. The summed E-state index contributed by atoms with van der Waals surface area (Å²) < 4.78 is 0. The molecule has 2 aromatic carbocycles. The van der Waals surface area contributed by atoms with E-state index in [2.05, 4.69) is 10.6 Å². The number of nitrogens with one attached hydrogen (secondary N) is 2. The maximum absolute atomic E-state index is 12.7. The van der Waals surface area contributed by atoms with Gasteiger partial charge >= 0.3 is 5.97 Å². The second kappa shape index (κ2) is 9.18. The van der Waals surface area contributed by atoms with E-state index in [1.807, 2.05) is 36.4 Å². The van der Waals surface area contributed by atoms with Gasteiger partial charge in [-0.25, -0.2) is 0 Å². The van der Waals surface area contributed by atoms with Crippen LogP contribution in [-0.4, -0.2) is 46.9 Å². The highest BCUT2D eigenvalue weighted by atomic mass is 16.4. The van der Waals surface area contributed by atoms with Gasteiger partial charge in [-0.3, -0.25) is 24.1 Å². The van der Waals surface area contributed by atoms with E-state index in [1.165, 1.54) is 25.7 Å². The number of benzene rings is 2. The van der Waals surface area contributed by atoms with Crippen LogP contribution >= 0.6 is 0 Å². The van der Waals surface area contributed by atoms with Gasteiger partial charge in [-0.2, -0.15) is 0 Å². The van der Waals surface area contributed by atoms with Gasteiger partial charge in [0.05, 0.1) is 5.69 Å². The molecule has 2 rings (SSSR count). The molecule has 0 aromatic heterocycles. The summed E-state index contributed by atoms with van der Waals surface area (Å²) >= 11 is 0. The summed E-state index contributed by atoms with van der Waals surface area (Å²) in [6.45, 7) is 5.72. The van der Waals surface area contributed by atoms with Crippen LogP contribution in [0.2, 0.25) is 0 Å². The van der Waals surface area contributed by atoms with E-state index in [4.69, 9.17) is 5.11 Å². The fraction of sp³-hybridized carbons (Fsp3) is 0.333. The standard InChI is InChI=1S/C21H25N3O5/c1-12(19(26)23-13(2)21(28)29)22-20(27)14(3)24(15(4)25)18-11-7-9-16-8-5-6-10-17(16)18/h5-14H,1-4H3,(H,22,27)(H,23,26)(H,28,29)/t12-,13-,14-/m0/s1. The molecule has 0 heterocycles. The van der Waals surface area contributed by atoms with E-state index in [0.717, 1.165) is 10.8 Å². The minimum Gasteiger partial charge on any atom is -0.480 e. The molecule has 0 saturated carbocycles. The Morgan fingerprint density at radius 2 is 1.45 bits per heavy atom. The number of fused-ring (bicyclic) bond motifs is 1. The Hall–Kier alpha value is -3.42. The lowest BCUT2D eigenvalue weighted by Gasteiger charge is -2.29. The molecule has 3 N–H and O–H groups in total. The topological polar surface area (TPSA) is 116 Å². The molecule has 0 fully saturated rings. The van der Waals surface area contributed by atoms with E-state index in [1.54, 1.807) is 13.0 Å². The summed E-state index contributed by atoms with van der Waals surface area (Å²) in [5.74, 6) is -2.65. The van der Waals surface area contributed by atoms with Crippen molar-refractivity contribution in [3.63, 3.8) is 0 Å². The van der Waals surface area contributed by atoms with Gasteiger partial charge in [-0.15, -0.1) is 0 Å². The zero-order valence-electron chi connectivity index (χ0n) is 16.8. The van der Waals surface area contributed by atoms with E-state index in [-0.39, 0.29) is 5.91 Å². The first-order valence-corrected chi connectivity index (χ1v) is 9.24. The first-order valence-electron chi connectivity index (χ1n) is 9.24. The Balaban J connectivity index is 2.21.